The minimum atomic E-state index is -0.914. The molecular formula is C22H25N3O2. The Morgan fingerprint density at radius 1 is 1.11 bits per heavy atom. The molecule has 3 rings (SSSR count). The summed E-state index contributed by atoms with van der Waals surface area (Å²) in [4.78, 5) is 16.1. The van der Waals surface area contributed by atoms with Crippen molar-refractivity contribution in [3.63, 3.8) is 0 Å². The monoisotopic (exact) mass is 363 g/mol. The molecule has 140 valence electrons. The molecule has 0 unspecified atom stereocenters. The summed E-state index contributed by atoms with van der Waals surface area (Å²) in [6.07, 6.45) is 1.72. The Labute approximate surface area is 159 Å². The lowest BCUT2D eigenvalue weighted by Gasteiger charge is -2.08. The fraction of sp³-hybridized carbons (Fsp3) is 0.318. The van der Waals surface area contributed by atoms with Crippen molar-refractivity contribution in [1.82, 2.24) is 14.8 Å². The molecule has 0 bridgehead atoms. The average molecular weight is 363 g/mol. The van der Waals surface area contributed by atoms with Gasteiger partial charge in [-0.2, -0.15) is 5.10 Å². The van der Waals surface area contributed by atoms with Gasteiger partial charge in [-0.3, -0.25) is 0 Å². The largest absolute Gasteiger partial charge is 0.478 e. The van der Waals surface area contributed by atoms with Gasteiger partial charge < -0.3 is 5.11 Å². The highest BCUT2D eigenvalue weighted by molar-refractivity contribution is 5.95. The van der Waals surface area contributed by atoms with Gasteiger partial charge in [0.1, 0.15) is 5.82 Å². The first kappa shape index (κ1) is 18.8. The molecule has 0 aliphatic rings. The number of carboxylic acid groups (broad SMARTS) is 1. The number of nitrogens with zero attached hydrogens (tertiary/aromatic N) is 3. The fourth-order valence-electron chi connectivity index (χ4n) is 3.15. The summed E-state index contributed by atoms with van der Waals surface area (Å²) >= 11 is 0. The lowest BCUT2D eigenvalue weighted by atomic mass is 9.99. The molecule has 5 nitrogen and oxygen atoms in total. The maximum absolute atomic E-state index is 11.4. The van der Waals surface area contributed by atoms with E-state index in [9.17, 15) is 9.90 Å². The summed E-state index contributed by atoms with van der Waals surface area (Å²) in [7, 11) is 0. The van der Waals surface area contributed by atoms with Crippen molar-refractivity contribution in [2.45, 2.75) is 40.2 Å². The first-order valence-electron chi connectivity index (χ1n) is 9.32. The van der Waals surface area contributed by atoms with E-state index in [2.05, 4.69) is 30.9 Å². The molecule has 0 radical (unpaired) electrons. The Balaban J connectivity index is 1.83. The number of hydrogen-bond donors (Lipinski definition) is 1. The second-order valence-electron chi connectivity index (χ2n) is 7.10. The molecule has 0 fully saturated rings. The van der Waals surface area contributed by atoms with Crippen molar-refractivity contribution in [3.8, 4) is 11.1 Å². The number of aromatic carboxylic acids is 1. The summed E-state index contributed by atoms with van der Waals surface area (Å²) < 4.78 is 1.97. The molecule has 1 aromatic heterocycles. The molecule has 0 saturated carbocycles. The van der Waals surface area contributed by atoms with E-state index in [4.69, 9.17) is 0 Å². The van der Waals surface area contributed by atoms with Crippen LogP contribution in [0.25, 0.3) is 11.1 Å². The van der Waals surface area contributed by atoms with E-state index >= 15 is 0 Å². The molecule has 0 amide bonds. The molecule has 1 N–H and O–H groups in total. The smallest absolute Gasteiger partial charge is 0.336 e. The standard InChI is InChI=1S/C22H25N3O2/c1-4-21-23-20(13-15(2)3)24-25(21)14-16-9-11-17(12-10-16)18-7-5-6-8-19(18)22(26)27/h5-12,15H,4,13-14H2,1-3H3,(H,26,27). The number of carbonyl (C=O) groups is 1. The number of carboxylic acids is 1. The van der Waals surface area contributed by atoms with Gasteiger partial charge in [-0.15, -0.1) is 0 Å². The number of aryl methyl sites for hydroxylation is 1. The van der Waals surface area contributed by atoms with Gasteiger partial charge in [0.2, 0.25) is 0 Å². The zero-order valence-electron chi connectivity index (χ0n) is 16.0. The van der Waals surface area contributed by atoms with E-state index in [1.54, 1.807) is 12.1 Å². The molecule has 0 aliphatic carbocycles. The third-order valence-corrected chi connectivity index (χ3v) is 4.45. The van der Waals surface area contributed by atoms with Crippen molar-refractivity contribution in [2.24, 2.45) is 5.92 Å². The van der Waals surface area contributed by atoms with Gasteiger partial charge in [-0.1, -0.05) is 63.2 Å². The highest BCUT2D eigenvalue weighted by Gasteiger charge is 2.12. The van der Waals surface area contributed by atoms with E-state index in [0.717, 1.165) is 41.2 Å². The van der Waals surface area contributed by atoms with Crippen LogP contribution in [0.4, 0.5) is 0 Å². The van der Waals surface area contributed by atoms with Gasteiger partial charge in [0.15, 0.2) is 5.82 Å². The van der Waals surface area contributed by atoms with Crippen LogP contribution in [0.2, 0.25) is 0 Å². The van der Waals surface area contributed by atoms with Crippen molar-refractivity contribution in [1.29, 1.82) is 0 Å². The Morgan fingerprint density at radius 3 is 2.44 bits per heavy atom. The molecule has 27 heavy (non-hydrogen) atoms. The van der Waals surface area contributed by atoms with E-state index < -0.39 is 5.97 Å². The summed E-state index contributed by atoms with van der Waals surface area (Å²) in [5.74, 6) is 1.50. The van der Waals surface area contributed by atoms with Crippen molar-refractivity contribution in [2.75, 3.05) is 0 Å². The summed E-state index contributed by atoms with van der Waals surface area (Å²) in [6, 6.07) is 15.0. The minimum absolute atomic E-state index is 0.313. The molecule has 0 saturated heterocycles. The Morgan fingerprint density at radius 2 is 1.81 bits per heavy atom. The molecule has 0 spiro atoms. The Hall–Kier alpha value is -2.95. The maximum Gasteiger partial charge on any atom is 0.336 e. The summed E-state index contributed by atoms with van der Waals surface area (Å²) in [6.45, 7) is 7.08. The number of rotatable bonds is 7. The molecule has 5 heteroatoms. The molecular weight excluding hydrogens is 338 g/mol. The summed E-state index contributed by atoms with van der Waals surface area (Å²) in [5, 5.41) is 14.0. The predicted octanol–water partition coefficient (Wildman–Crippen LogP) is 4.45. The van der Waals surface area contributed by atoms with Crippen LogP contribution in [0, 0.1) is 5.92 Å². The van der Waals surface area contributed by atoms with Gasteiger partial charge in [0.05, 0.1) is 12.1 Å². The first-order chi connectivity index (χ1) is 13.0. The lowest BCUT2D eigenvalue weighted by molar-refractivity contribution is 0.0697. The average Bonchev–Trinajstić information content (AvgIpc) is 3.03. The third kappa shape index (κ3) is 4.42. The normalized spacial score (nSPS) is 11.1. The van der Waals surface area contributed by atoms with Crippen LogP contribution >= 0.6 is 0 Å². The molecule has 1 heterocycles. The van der Waals surface area contributed by atoms with E-state index in [0.29, 0.717) is 18.0 Å². The SMILES string of the molecule is CCc1nc(CC(C)C)nn1Cc1ccc(-c2ccccc2C(=O)O)cc1. The maximum atomic E-state index is 11.4. The van der Waals surface area contributed by atoms with Gasteiger partial charge in [0, 0.05) is 12.8 Å². The number of aromatic nitrogens is 3. The highest BCUT2D eigenvalue weighted by Crippen LogP contribution is 2.24. The lowest BCUT2D eigenvalue weighted by Crippen LogP contribution is -2.06. The zero-order valence-corrected chi connectivity index (χ0v) is 16.0. The third-order valence-electron chi connectivity index (χ3n) is 4.45. The quantitative estimate of drug-likeness (QED) is 0.673. The van der Waals surface area contributed by atoms with Crippen LogP contribution in [0.1, 0.15) is 48.3 Å². The van der Waals surface area contributed by atoms with Crippen molar-refractivity contribution < 1.29 is 9.90 Å². The van der Waals surface area contributed by atoms with Crippen LogP contribution in [0.5, 0.6) is 0 Å². The first-order valence-corrected chi connectivity index (χ1v) is 9.32. The van der Waals surface area contributed by atoms with Gasteiger partial charge in [-0.05, 0) is 28.7 Å². The van der Waals surface area contributed by atoms with Crippen LogP contribution in [-0.2, 0) is 19.4 Å². The van der Waals surface area contributed by atoms with E-state index in [1.165, 1.54) is 0 Å². The second kappa shape index (κ2) is 8.16. The van der Waals surface area contributed by atoms with Gasteiger partial charge in [-0.25, -0.2) is 14.5 Å². The number of benzene rings is 2. The van der Waals surface area contributed by atoms with Crippen molar-refractivity contribution in [3.05, 3.63) is 71.3 Å². The number of hydrogen-bond acceptors (Lipinski definition) is 3. The van der Waals surface area contributed by atoms with Gasteiger partial charge in [0.25, 0.3) is 0 Å². The van der Waals surface area contributed by atoms with Crippen LogP contribution in [-0.4, -0.2) is 25.8 Å². The van der Waals surface area contributed by atoms with E-state index in [1.807, 2.05) is 41.1 Å². The molecule has 3 aromatic rings. The topological polar surface area (TPSA) is 68.0 Å². The van der Waals surface area contributed by atoms with Crippen LogP contribution in [0.15, 0.2) is 48.5 Å². The minimum Gasteiger partial charge on any atom is -0.478 e. The van der Waals surface area contributed by atoms with E-state index in [-0.39, 0.29) is 0 Å². The van der Waals surface area contributed by atoms with Gasteiger partial charge >= 0.3 is 5.97 Å². The van der Waals surface area contributed by atoms with Crippen LogP contribution in [0.3, 0.4) is 0 Å². The molecule has 0 aliphatic heterocycles. The Bertz CT molecular complexity index is 927. The predicted molar refractivity (Wildman–Crippen MR) is 106 cm³/mol. The molecule has 0 atom stereocenters. The van der Waals surface area contributed by atoms with Crippen molar-refractivity contribution >= 4 is 5.97 Å². The van der Waals surface area contributed by atoms with Crippen LogP contribution < -0.4 is 0 Å². The summed E-state index contributed by atoms with van der Waals surface area (Å²) in [5.41, 5.74) is 3.05. The molecule has 2 aromatic carbocycles. The zero-order chi connectivity index (χ0) is 19.4. The highest BCUT2D eigenvalue weighted by atomic mass is 16.4. The fourth-order valence-corrected chi connectivity index (χ4v) is 3.15. The Kier molecular flexibility index (Phi) is 5.69. The second-order valence-corrected chi connectivity index (χ2v) is 7.10.